The van der Waals surface area contributed by atoms with Gasteiger partial charge in [0.15, 0.2) is 0 Å². The maximum Gasteiger partial charge on any atom is 0.142 e. The maximum atomic E-state index is 14.1. The minimum Gasteiger partial charge on any atom is -0.320 e. The molecule has 0 aliphatic rings. The van der Waals surface area contributed by atoms with Gasteiger partial charge in [-0.15, -0.1) is 0 Å². The highest BCUT2D eigenvalue weighted by atomic mass is 79.9. The van der Waals surface area contributed by atoms with E-state index < -0.39 is 6.04 Å². The molecule has 2 N–H and O–H groups in total. The number of halogens is 3. The summed E-state index contributed by atoms with van der Waals surface area (Å²) in [5, 5.41) is 0.697. The van der Waals surface area contributed by atoms with Crippen LogP contribution in [-0.4, -0.2) is 0 Å². The van der Waals surface area contributed by atoms with Crippen LogP contribution in [0.5, 0.6) is 0 Å². The summed E-state index contributed by atoms with van der Waals surface area (Å²) >= 11 is 9.25. The lowest BCUT2D eigenvalue weighted by Gasteiger charge is -2.18. The molecule has 0 aliphatic heterocycles. The number of hydrogen-bond acceptors (Lipinski definition) is 1. The monoisotopic (exact) mass is 341 g/mol. The van der Waals surface area contributed by atoms with Gasteiger partial charge in [-0.3, -0.25) is 0 Å². The first-order chi connectivity index (χ1) is 8.91. The smallest absolute Gasteiger partial charge is 0.142 e. The second-order valence-electron chi connectivity index (χ2n) is 4.58. The van der Waals surface area contributed by atoms with Gasteiger partial charge in [-0.2, -0.15) is 0 Å². The fourth-order valence-corrected chi connectivity index (χ4v) is 2.67. The number of rotatable bonds is 2. The zero-order valence-electron chi connectivity index (χ0n) is 10.7. The molecule has 0 saturated heterocycles. The Balaban J connectivity index is 2.53. The third-order valence-corrected chi connectivity index (χ3v) is 4.22. The van der Waals surface area contributed by atoms with E-state index in [0.29, 0.717) is 15.1 Å². The number of benzene rings is 2. The molecule has 1 nitrogen and oxygen atoms in total. The molecule has 1 atom stereocenters. The van der Waals surface area contributed by atoms with Crippen LogP contribution in [0, 0.1) is 19.7 Å². The molecule has 0 bridgehead atoms. The molecule has 0 aliphatic carbocycles. The van der Waals surface area contributed by atoms with E-state index >= 15 is 0 Å². The summed E-state index contributed by atoms with van der Waals surface area (Å²) in [5.74, 6) is -0.318. The average Bonchev–Trinajstić information content (AvgIpc) is 2.36. The zero-order chi connectivity index (χ0) is 14.2. The van der Waals surface area contributed by atoms with Gasteiger partial charge >= 0.3 is 0 Å². The first-order valence-electron chi connectivity index (χ1n) is 5.88. The third kappa shape index (κ3) is 2.83. The molecule has 0 amide bonds. The summed E-state index contributed by atoms with van der Waals surface area (Å²) in [6.07, 6.45) is 0. The SMILES string of the molecule is Cc1cc(C(N)c2cccc(Br)c2F)c(C)cc1Cl. The van der Waals surface area contributed by atoms with Crippen molar-refractivity contribution in [3.8, 4) is 0 Å². The van der Waals surface area contributed by atoms with Crippen LogP contribution in [0.25, 0.3) is 0 Å². The third-order valence-electron chi connectivity index (χ3n) is 3.20. The second-order valence-corrected chi connectivity index (χ2v) is 5.84. The molecule has 0 spiro atoms. The zero-order valence-corrected chi connectivity index (χ0v) is 13.0. The quantitative estimate of drug-likeness (QED) is 0.825. The molecule has 0 aromatic heterocycles. The Morgan fingerprint density at radius 3 is 2.53 bits per heavy atom. The van der Waals surface area contributed by atoms with E-state index in [1.54, 1.807) is 18.2 Å². The van der Waals surface area contributed by atoms with Crippen LogP contribution < -0.4 is 5.73 Å². The average molecular weight is 343 g/mol. The van der Waals surface area contributed by atoms with Crippen LogP contribution in [0.1, 0.15) is 28.3 Å². The molecule has 2 aromatic rings. The van der Waals surface area contributed by atoms with Crippen molar-refractivity contribution >= 4 is 27.5 Å². The van der Waals surface area contributed by atoms with Gasteiger partial charge in [-0.25, -0.2) is 4.39 Å². The van der Waals surface area contributed by atoms with Crippen molar-refractivity contribution < 1.29 is 4.39 Å². The minimum atomic E-state index is -0.506. The van der Waals surface area contributed by atoms with E-state index in [9.17, 15) is 4.39 Å². The van der Waals surface area contributed by atoms with Gasteiger partial charge in [0.25, 0.3) is 0 Å². The van der Waals surface area contributed by atoms with Crippen molar-refractivity contribution in [2.45, 2.75) is 19.9 Å². The molecule has 2 rings (SSSR count). The lowest BCUT2D eigenvalue weighted by molar-refractivity contribution is 0.593. The number of nitrogens with two attached hydrogens (primary N) is 1. The standard InChI is InChI=1S/C15H14BrClFN/c1-8-7-13(17)9(2)6-11(8)15(19)10-4-3-5-12(16)14(10)18/h3-7,15H,19H2,1-2H3. The van der Waals surface area contributed by atoms with Crippen molar-refractivity contribution in [2.75, 3.05) is 0 Å². The highest BCUT2D eigenvalue weighted by molar-refractivity contribution is 9.10. The molecular formula is C15H14BrClFN. The van der Waals surface area contributed by atoms with Crippen molar-refractivity contribution in [3.05, 3.63) is 67.9 Å². The Kier molecular flexibility index (Phi) is 4.29. The summed E-state index contributed by atoms with van der Waals surface area (Å²) in [4.78, 5) is 0. The van der Waals surface area contributed by atoms with Gasteiger partial charge in [-0.1, -0.05) is 29.8 Å². The minimum absolute atomic E-state index is 0.318. The van der Waals surface area contributed by atoms with E-state index in [-0.39, 0.29) is 5.82 Å². The van der Waals surface area contributed by atoms with Crippen molar-refractivity contribution in [2.24, 2.45) is 5.73 Å². The highest BCUT2D eigenvalue weighted by Crippen LogP contribution is 2.30. The predicted molar refractivity (Wildman–Crippen MR) is 81.1 cm³/mol. The fraction of sp³-hybridized carbons (Fsp3) is 0.200. The Labute approximate surface area is 125 Å². The lowest BCUT2D eigenvalue weighted by Crippen LogP contribution is -2.15. The summed E-state index contributed by atoms with van der Waals surface area (Å²) in [7, 11) is 0. The van der Waals surface area contributed by atoms with Gasteiger partial charge in [0.2, 0.25) is 0 Å². The van der Waals surface area contributed by atoms with Gasteiger partial charge < -0.3 is 5.73 Å². The lowest BCUT2D eigenvalue weighted by atomic mass is 9.94. The highest BCUT2D eigenvalue weighted by Gasteiger charge is 2.17. The maximum absolute atomic E-state index is 14.1. The Morgan fingerprint density at radius 1 is 1.16 bits per heavy atom. The molecule has 2 aromatic carbocycles. The van der Waals surface area contributed by atoms with Crippen LogP contribution in [0.15, 0.2) is 34.8 Å². The molecule has 19 heavy (non-hydrogen) atoms. The van der Waals surface area contributed by atoms with Gasteiger partial charge in [0, 0.05) is 10.6 Å². The van der Waals surface area contributed by atoms with Gasteiger partial charge in [0.1, 0.15) is 5.82 Å². The Morgan fingerprint density at radius 2 is 1.84 bits per heavy atom. The molecule has 0 heterocycles. The van der Waals surface area contributed by atoms with Crippen LogP contribution in [-0.2, 0) is 0 Å². The largest absolute Gasteiger partial charge is 0.320 e. The Hall–Kier alpha value is -0.900. The van der Waals surface area contributed by atoms with Crippen LogP contribution in [0.2, 0.25) is 5.02 Å². The van der Waals surface area contributed by atoms with E-state index in [1.165, 1.54) is 0 Å². The molecule has 0 saturated carbocycles. The molecule has 4 heteroatoms. The van der Waals surface area contributed by atoms with Crippen LogP contribution in [0.4, 0.5) is 4.39 Å². The molecule has 0 radical (unpaired) electrons. The van der Waals surface area contributed by atoms with Crippen molar-refractivity contribution in [3.63, 3.8) is 0 Å². The predicted octanol–water partition coefficient (Wildman–Crippen LogP) is 4.91. The molecule has 0 fully saturated rings. The number of aryl methyl sites for hydroxylation is 2. The Bertz CT molecular complexity index is 628. The summed E-state index contributed by atoms with van der Waals surface area (Å²) in [6, 6.07) is 8.42. The fourth-order valence-electron chi connectivity index (χ4n) is 2.07. The van der Waals surface area contributed by atoms with E-state index in [0.717, 1.165) is 16.7 Å². The summed E-state index contributed by atoms with van der Waals surface area (Å²) in [5.41, 5.74) is 9.46. The molecule has 1 unspecified atom stereocenters. The number of hydrogen-bond donors (Lipinski definition) is 1. The van der Waals surface area contributed by atoms with Crippen molar-refractivity contribution in [1.82, 2.24) is 0 Å². The first kappa shape index (κ1) is 14.5. The normalized spacial score (nSPS) is 12.5. The van der Waals surface area contributed by atoms with Crippen molar-refractivity contribution in [1.29, 1.82) is 0 Å². The summed E-state index contributed by atoms with van der Waals surface area (Å²) < 4.78 is 14.5. The topological polar surface area (TPSA) is 26.0 Å². The van der Waals surface area contributed by atoms with Gasteiger partial charge in [0.05, 0.1) is 10.5 Å². The van der Waals surface area contributed by atoms with E-state index in [1.807, 2.05) is 26.0 Å². The van der Waals surface area contributed by atoms with E-state index in [2.05, 4.69) is 15.9 Å². The van der Waals surface area contributed by atoms with Crippen LogP contribution >= 0.6 is 27.5 Å². The second kappa shape index (κ2) is 5.61. The summed E-state index contributed by atoms with van der Waals surface area (Å²) in [6.45, 7) is 3.84. The van der Waals surface area contributed by atoms with E-state index in [4.69, 9.17) is 17.3 Å². The molecule has 100 valence electrons. The molecular weight excluding hydrogens is 329 g/mol. The van der Waals surface area contributed by atoms with Crippen LogP contribution in [0.3, 0.4) is 0 Å². The first-order valence-corrected chi connectivity index (χ1v) is 7.05. The van der Waals surface area contributed by atoms with Gasteiger partial charge in [-0.05, 0) is 58.6 Å².